The minimum Gasteiger partial charge on any atom is -0.480 e. The van der Waals surface area contributed by atoms with Gasteiger partial charge in [-0.1, -0.05) is 27.7 Å². The quantitative estimate of drug-likeness (QED) is 0.755. The molecule has 2 N–H and O–H groups in total. The van der Waals surface area contributed by atoms with Crippen molar-refractivity contribution in [3.63, 3.8) is 0 Å². The number of carbonyl (C=O) groups excluding carboxylic acids is 1. The van der Waals surface area contributed by atoms with Crippen molar-refractivity contribution in [3.8, 4) is 0 Å². The monoisotopic (exact) mass is 233 g/mol. The van der Waals surface area contributed by atoms with Gasteiger partial charge in [-0.15, -0.1) is 11.8 Å². The number of thioether (sulfide) groups is 1. The molecule has 0 bridgehead atoms. The highest BCUT2D eigenvalue weighted by atomic mass is 32.2. The van der Waals surface area contributed by atoms with Gasteiger partial charge in [0.05, 0.1) is 5.75 Å². The Balaban J connectivity index is 3.98. The minimum atomic E-state index is -0.980. The van der Waals surface area contributed by atoms with Crippen LogP contribution in [0.5, 0.6) is 0 Å². The normalized spacial score (nSPS) is 13.3. The van der Waals surface area contributed by atoms with E-state index >= 15 is 0 Å². The Morgan fingerprint density at radius 2 is 1.93 bits per heavy atom. The van der Waals surface area contributed by atoms with Gasteiger partial charge in [-0.3, -0.25) is 4.79 Å². The maximum atomic E-state index is 11.4. The predicted molar refractivity (Wildman–Crippen MR) is 62.1 cm³/mol. The Morgan fingerprint density at radius 1 is 1.40 bits per heavy atom. The van der Waals surface area contributed by atoms with Gasteiger partial charge in [-0.05, 0) is 6.42 Å². The van der Waals surface area contributed by atoms with Gasteiger partial charge < -0.3 is 10.4 Å². The van der Waals surface area contributed by atoms with Crippen LogP contribution in [0.15, 0.2) is 0 Å². The predicted octanol–water partition coefficient (Wildman–Crippen LogP) is 1.50. The Labute approximate surface area is 94.8 Å². The molecule has 0 heterocycles. The smallest absolute Gasteiger partial charge is 0.326 e. The molecule has 1 unspecified atom stereocenters. The SMILES string of the molecule is CCC(NC(=O)CSC(C)(C)C)C(=O)O. The molecule has 0 radical (unpaired) electrons. The van der Waals surface area contributed by atoms with Crippen LogP contribution in [0.25, 0.3) is 0 Å². The Hall–Kier alpha value is -0.710. The zero-order valence-electron chi connectivity index (χ0n) is 9.66. The number of carboxylic acids is 1. The molecule has 0 aliphatic heterocycles. The molecule has 0 aromatic carbocycles. The molecular weight excluding hydrogens is 214 g/mol. The summed E-state index contributed by atoms with van der Waals surface area (Å²) >= 11 is 1.50. The number of hydrogen-bond donors (Lipinski definition) is 2. The summed E-state index contributed by atoms with van der Waals surface area (Å²) in [4.78, 5) is 22.0. The molecule has 1 atom stereocenters. The summed E-state index contributed by atoms with van der Waals surface area (Å²) in [5.41, 5.74) is 0. The van der Waals surface area contributed by atoms with Gasteiger partial charge in [0.1, 0.15) is 6.04 Å². The molecule has 1 amide bonds. The van der Waals surface area contributed by atoms with Crippen LogP contribution in [0.4, 0.5) is 0 Å². The van der Waals surface area contributed by atoms with E-state index in [4.69, 9.17) is 5.11 Å². The molecular formula is C10H19NO3S. The summed E-state index contributed by atoms with van der Waals surface area (Å²) in [7, 11) is 0. The third-order valence-corrected chi connectivity index (χ3v) is 2.95. The van der Waals surface area contributed by atoms with Crippen LogP contribution < -0.4 is 5.32 Å². The van der Waals surface area contributed by atoms with E-state index in [1.54, 1.807) is 6.92 Å². The van der Waals surface area contributed by atoms with Crippen LogP contribution in [-0.2, 0) is 9.59 Å². The first-order valence-electron chi connectivity index (χ1n) is 4.92. The second kappa shape index (κ2) is 6.00. The Bertz CT molecular complexity index is 235. The summed E-state index contributed by atoms with van der Waals surface area (Å²) in [6.45, 7) is 7.77. The van der Waals surface area contributed by atoms with Crippen LogP contribution in [0.2, 0.25) is 0 Å². The maximum Gasteiger partial charge on any atom is 0.326 e. The summed E-state index contributed by atoms with van der Waals surface area (Å²) in [6.07, 6.45) is 0.404. The van der Waals surface area contributed by atoms with Gasteiger partial charge in [0, 0.05) is 4.75 Å². The topological polar surface area (TPSA) is 66.4 Å². The molecule has 0 aromatic rings. The van der Waals surface area contributed by atoms with Gasteiger partial charge >= 0.3 is 5.97 Å². The second-order valence-electron chi connectivity index (χ2n) is 4.27. The van der Waals surface area contributed by atoms with Gasteiger partial charge in [0.15, 0.2) is 0 Å². The zero-order chi connectivity index (χ0) is 12.1. The molecule has 15 heavy (non-hydrogen) atoms. The lowest BCUT2D eigenvalue weighted by Crippen LogP contribution is -2.41. The van der Waals surface area contributed by atoms with Crippen LogP contribution in [-0.4, -0.2) is 33.5 Å². The van der Waals surface area contributed by atoms with Crippen molar-refractivity contribution in [2.24, 2.45) is 0 Å². The van der Waals surface area contributed by atoms with E-state index < -0.39 is 12.0 Å². The number of hydrogen-bond acceptors (Lipinski definition) is 3. The fraction of sp³-hybridized carbons (Fsp3) is 0.800. The molecule has 5 heteroatoms. The molecule has 0 spiro atoms. The van der Waals surface area contributed by atoms with Crippen molar-refractivity contribution in [3.05, 3.63) is 0 Å². The molecule has 4 nitrogen and oxygen atoms in total. The van der Waals surface area contributed by atoms with Gasteiger partial charge in [-0.2, -0.15) is 0 Å². The molecule has 0 aromatic heterocycles. The fourth-order valence-electron chi connectivity index (χ4n) is 0.856. The third-order valence-electron chi connectivity index (χ3n) is 1.68. The highest BCUT2D eigenvalue weighted by Crippen LogP contribution is 2.22. The number of rotatable bonds is 5. The summed E-state index contributed by atoms with van der Waals surface area (Å²) < 4.78 is 0.0161. The molecule has 0 fully saturated rings. The molecule has 0 saturated heterocycles. The molecule has 0 rings (SSSR count). The van der Waals surface area contributed by atoms with E-state index in [2.05, 4.69) is 5.32 Å². The molecule has 88 valence electrons. The maximum absolute atomic E-state index is 11.4. The number of carbonyl (C=O) groups is 2. The summed E-state index contributed by atoms with van der Waals surface area (Å²) in [5, 5.41) is 11.2. The molecule has 0 aliphatic rings. The lowest BCUT2D eigenvalue weighted by Gasteiger charge is -2.18. The van der Waals surface area contributed by atoms with Gasteiger partial charge in [-0.25, -0.2) is 4.79 Å². The van der Waals surface area contributed by atoms with Crippen LogP contribution in [0.1, 0.15) is 34.1 Å². The van der Waals surface area contributed by atoms with Gasteiger partial charge in [0.25, 0.3) is 0 Å². The van der Waals surface area contributed by atoms with E-state index in [0.717, 1.165) is 0 Å². The molecule has 0 aliphatic carbocycles. The summed E-state index contributed by atoms with van der Waals surface area (Å²) in [6, 6.07) is -0.766. The number of amides is 1. The van der Waals surface area contributed by atoms with E-state index in [1.165, 1.54) is 11.8 Å². The van der Waals surface area contributed by atoms with Crippen LogP contribution in [0, 0.1) is 0 Å². The van der Waals surface area contributed by atoms with Crippen molar-refractivity contribution in [1.29, 1.82) is 0 Å². The molecule has 0 saturated carbocycles. The first-order chi connectivity index (χ1) is 6.76. The highest BCUT2D eigenvalue weighted by molar-refractivity contribution is 8.01. The highest BCUT2D eigenvalue weighted by Gasteiger charge is 2.19. The van der Waals surface area contributed by atoms with E-state index in [1.807, 2.05) is 20.8 Å². The third kappa shape index (κ3) is 7.25. The second-order valence-corrected chi connectivity index (χ2v) is 6.07. The van der Waals surface area contributed by atoms with E-state index in [-0.39, 0.29) is 10.7 Å². The van der Waals surface area contributed by atoms with Gasteiger partial charge in [0.2, 0.25) is 5.91 Å². The largest absolute Gasteiger partial charge is 0.480 e. The van der Waals surface area contributed by atoms with E-state index in [9.17, 15) is 9.59 Å². The first kappa shape index (κ1) is 14.3. The van der Waals surface area contributed by atoms with E-state index in [0.29, 0.717) is 12.2 Å². The summed E-state index contributed by atoms with van der Waals surface area (Å²) in [5.74, 6) is -0.899. The lowest BCUT2D eigenvalue weighted by atomic mass is 10.2. The zero-order valence-corrected chi connectivity index (χ0v) is 10.5. The van der Waals surface area contributed by atoms with Crippen molar-refractivity contribution in [2.75, 3.05) is 5.75 Å². The standard InChI is InChI=1S/C10H19NO3S/c1-5-7(9(13)14)11-8(12)6-15-10(2,3)4/h7H,5-6H2,1-4H3,(H,11,12)(H,13,14). The number of nitrogens with one attached hydrogen (secondary N) is 1. The van der Waals surface area contributed by atoms with Crippen LogP contribution in [0.3, 0.4) is 0 Å². The van der Waals surface area contributed by atoms with Crippen molar-refractivity contribution >= 4 is 23.6 Å². The van der Waals surface area contributed by atoms with Crippen LogP contribution >= 0.6 is 11.8 Å². The lowest BCUT2D eigenvalue weighted by molar-refractivity contribution is -0.141. The number of aliphatic carboxylic acids is 1. The van der Waals surface area contributed by atoms with Crippen molar-refractivity contribution < 1.29 is 14.7 Å². The van der Waals surface area contributed by atoms with Crippen molar-refractivity contribution in [1.82, 2.24) is 5.32 Å². The average molecular weight is 233 g/mol. The van der Waals surface area contributed by atoms with Crippen molar-refractivity contribution in [2.45, 2.75) is 44.9 Å². The number of carboxylic acid groups (broad SMARTS) is 1. The minimum absolute atomic E-state index is 0.0161. The Morgan fingerprint density at radius 3 is 2.27 bits per heavy atom. The Kier molecular flexibility index (Phi) is 5.72. The first-order valence-corrected chi connectivity index (χ1v) is 5.91. The average Bonchev–Trinajstić information content (AvgIpc) is 2.09. The fourth-order valence-corrected chi connectivity index (χ4v) is 1.50.